The fourth-order valence-electron chi connectivity index (χ4n) is 1.81. The molecule has 1 fully saturated rings. The molecule has 72 valence electrons. The van der Waals surface area contributed by atoms with Crippen LogP contribution in [0.1, 0.15) is 19.8 Å². The number of aliphatic hydroxyl groups is 1. The molecule has 1 saturated heterocycles. The summed E-state index contributed by atoms with van der Waals surface area (Å²) in [5.41, 5.74) is 0.00472. The van der Waals surface area contributed by atoms with Crippen LogP contribution in [-0.2, 0) is 4.74 Å². The maximum Gasteiger partial charge on any atom is 0.0582 e. The van der Waals surface area contributed by atoms with E-state index in [1.807, 2.05) is 7.05 Å². The van der Waals surface area contributed by atoms with Crippen molar-refractivity contribution in [2.75, 3.05) is 26.9 Å². The standard InChI is InChI=1S/C9H19NO2/c1-3-4-8(10-2)9(5-11)6-12-7-9/h8,10-11H,3-7H2,1-2H3. The summed E-state index contributed by atoms with van der Waals surface area (Å²) in [4.78, 5) is 0. The van der Waals surface area contributed by atoms with Gasteiger partial charge in [0.15, 0.2) is 0 Å². The Morgan fingerprint density at radius 2 is 2.25 bits per heavy atom. The third kappa shape index (κ3) is 1.63. The lowest BCUT2D eigenvalue weighted by molar-refractivity contribution is -0.155. The van der Waals surface area contributed by atoms with Crippen LogP contribution in [0, 0.1) is 5.41 Å². The first-order valence-electron chi connectivity index (χ1n) is 4.65. The van der Waals surface area contributed by atoms with E-state index in [4.69, 9.17) is 4.74 Å². The summed E-state index contributed by atoms with van der Waals surface area (Å²) in [6, 6.07) is 0.404. The van der Waals surface area contributed by atoms with Crippen molar-refractivity contribution >= 4 is 0 Å². The number of hydrogen-bond acceptors (Lipinski definition) is 3. The summed E-state index contributed by atoms with van der Waals surface area (Å²) < 4.78 is 5.16. The van der Waals surface area contributed by atoms with Crippen molar-refractivity contribution < 1.29 is 9.84 Å². The van der Waals surface area contributed by atoms with Gasteiger partial charge in [0.05, 0.1) is 25.2 Å². The van der Waals surface area contributed by atoms with Gasteiger partial charge < -0.3 is 15.2 Å². The van der Waals surface area contributed by atoms with Crippen molar-refractivity contribution in [2.45, 2.75) is 25.8 Å². The van der Waals surface area contributed by atoms with Gasteiger partial charge in [-0.1, -0.05) is 13.3 Å². The lowest BCUT2D eigenvalue weighted by atomic mass is 9.77. The van der Waals surface area contributed by atoms with Crippen LogP contribution in [0.15, 0.2) is 0 Å². The SMILES string of the molecule is CCCC(NC)C1(CO)COC1. The summed E-state index contributed by atoms with van der Waals surface area (Å²) in [6.45, 7) is 3.80. The second-order valence-electron chi connectivity index (χ2n) is 3.64. The minimum atomic E-state index is 0.00472. The van der Waals surface area contributed by atoms with E-state index in [0.717, 1.165) is 12.8 Å². The average molecular weight is 173 g/mol. The van der Waals surface area contributed by atoms with Crippen LogP contribution in [0.3, 0.4) is 0 Å². The van der Waals surface area contributed by atoms with E-state index in [-0.39, 0.29) is 12.0 Å². The van der Waals surface area contributed by atoms with Crippen molar-refractivity contribution in [1.29, 1.82) is 0 Å². The molecule has 0 radical (unpaired) electrons. The number of ether oxygens (including phenoxy) is 1. The maximum atomic E-state index is 9.24. The number of hydrogen-bond donors (Lipinski definition) is 2. The van der Waals surface area contributed by atoms with Crippen LogP contribution in [-0.4, -0.2) is 38.0 Å². The molecule has 0 amide bonds. The third-order valence-electron chi connectivity index (χ3n) is 2.76. The molecule has 1 aliphatic rings. The lowest BCUT2D eigenvalue weighted by Crippen LogP contribution is -2.58. The van der Waals surface area contributed by atoms with Crippen LogP contribution in [0.2, 0.25) is 0 Å². The molecule has 1 aliphatic heterocycles. The topological polar surface area (TPSA) is 41.5 Å². The molecule has 0 aromatic carbocycles. The molecule has 1 atom stereocenters. The molecule has 0 aliphatic carbocycles. The van der Waals surface area contributed by atoms with Gasteiger partial charge >= 0.3 is 0 Å². The highest BCUT2D eigenvalue weighted by atomic mass is 16.5. The van der Waals surface area contributed by atoms with Crippen LogP contribution in [0.4, 0.5) is 0 Å². The first-order chi connectivity index (χ1) is 5.79. The van der Waals surface area contributed by atoms with Gasteiger partial charge in [-0.25, -0.2) is 0 Å². The summed E-state index contributed by atoms with van der Waals surface area (Å²) in [7, 11) is 1.95. The van der Waals surface area contributed by atoms with E-state index >= 15 is 0 Å². The fraction of sp³-hybridized carbons (Fsp3) is 1.00. The van der Waals surface area contributed by atoms with Gasteiger partial charge in [-0.05, 0) is 13.5 Å². The van der Waals surface area contributed by atoms with Gasteiger partial charge in [-0.3, -0.25) is 0 Å². The average Bonchev–Trinajstić information content (AvgIpc) is 2.02. The third-order valence-corrected chi connectivity index (χ3v) is 2.76. The molecule has 1 unspecified atom stereocenters. The van der Waals surface area contributed by atoms with Gasteiger partial charge in [0.25, 0.3) is 0 Å². The van der Waals surface area contributed by atoms with Gasteiger partial charge in [0, 0.05) is 6.04 Å². The molecule has 0 spiro atoms. The Balaban J connectivity index is 2.49. The van der Waals surface area contributed by atoms with Crippen LogP contribution >= 0.6 is 0 Å². The minimum Gasteiger partial charge on any atom is -0.396 e. The predicted molar refractivity (Wildman–Crippen MR) is 48.1 cm³/mol. The Morgan fingerprint density at radius 1 is 1.58 bits per heavy atom. The monoisotopic (exact) mass is 173 g/mol. The smallest absolute Gasteiger partial charge is 0.0582 e. The number of rotatable bonds is 5. The molecule has 2 N–H and O–H groups in total. The molecule has 1 heterocycles. The van der Waals surface area contributed by atoms with Crippen molar-refractivity contribution in [3.63, 3.8) is 0 Å². The molecule has 0 saturated carbocycles. The molecular formula is C9H19NO2. The second kappa shape index (κ2) is 4.21. The van der Waals surface area contributed by atoms with Crippen LogP contribution < -0.4 is 5.32 Å². The maximum absolute atomic E-state index is 9.24. The Kier molecular flexibility index (Phi) is 3.50. The molecule has 1 rings (SSSR count). The highest BCUT2D eigenvalue weighted by Crippen LogP contribution is 2.32. The Labute approximate surface area is 74.1 Å². The van der Waals surface area contributed by atoms with E-state index in [1.54, 1.807) is 0 Å². The largest absolute Gasteiger partial charge is 0.396 e. The first-order valence-corrected chi connectivity index (χ1v) is 4.65. The molecule has 3 heteroatoms. The zero-order chi connectivity index (χ0) is 9.03. The molecule has 0 aromatic heterocycles. The van der Waals surface area contributed by atoms with Crippen molar-refractivity contribution in [1.82, 2.24) is 5.32 Å². The number of aliphatic hydroxyl groups excluding tert-OH is 1. The molecule has 3 nitrogen and oxygen atoms in total. The highest BCUT2D eigenvalue weighted by Gasteiger charge is 2.44. The van der Waals surface area contributed by atoms with Crippen molar-refractivity contribution in [3.05, 3.63) is 0 Å². The molecular weight excluding hydrogens is 154 g/mol. The Hall–Kier alpha value is -0.120. The molecule has 0 aromatic rings. The lowest BCUT2D eigenvalue weighted by Gasteiger charge is -2.45. The van der Waals surface area contributed by atoms with Gasteiger partial charge in [0.1, 0.15) is 0 Å². The van der Waals surface area contributed by atoms with E-state index < -0.39 is 0 Å². The summed E-state index contributed by atoms with van der Waals surface area (Å²) >= 11 is 0. The summed E-state index contributed by atoms with van der Waals surface area (Å²) in [6.07, 6.45) is 2.26. The minimum absolute atomic E-state index is 0.00472. The second-order valence-corrected chi connectivity index (χ2v) is 3.64. The molecule has 0 bridgehead atoms. The van der Waals surface area contributed by atoms with E-state index in [1.165, 1.54) is 0 Å². The first kappa shape index (κ1) is 9.96. The van der Waals surface area contributed by atoms with Gasteiger partial charge in [-0.2, -0.15) is 0 Å². The van der Waals surface area contributed by atoms with Gasteiger partial charge in [0.2, 0.25) is 0 Å². The van der Waals surface area contributed by atoms with E-state index in [0.29, 0.717) is 19.3 Å². The normalized spacial score (nSPS) is 23.2. The fourth-order valence-corrected chi connectivity index (χ4v) is 1.81. The number of nitrogens with one attached hydrogen (secondary N) is 1. The predicted octanol–water partition coefficient (Wildman–Crippen LogP) is 0.383. The van der Waals surface area contributed by atoms with Crippen molar-refractivity contribution in [3.8, 4) is 0 Å². The zero-order valence-corrected chi connectivity index (χ0v) is 7.97. The van der Waals surface area contributed by atoms with E-state index in [2.05, 4.69) is 12.2 Å². The summed E-state index contributed by atoms with van der Waals surface area (Å²) in [5, 5.41) is 12.5. The Bertz CT molecular complexity index is 129. The summed E-state index contributed by atoms with van der Waals surface area (Å²) in [5.74, 6) is 0. The Morgan fingerprint density at radius 3 is 2.50 bits per heavy atom. The van der Waals surface area contributed by atoms with Gasteiger partial charge in [-0.15, -0.1) is 0 Å². The zero-order valence-electron chi connectivity index (χ0n) is 7.97. The quantitative estimate of drug-likeness (QED) is 0.631. The van der Waals surface area contributed by atoms with E-state index in [9.17, 15) is 5.11 Å². The highest BCUT2D eigenvalue weighted by molar-refractivity contribution is 4.94. The molecule has 12 heavy (non-hydrogen) atoms. The van der Waals surface area contributed by atoms with Crippen LogP contribution in [0.25, 0.3) is 0 Å². The van der Waals surface area contributed by atoms with Crippen molar-refractivity contribution in [2.24, 2.45) is 5.41 Å². The van der Waals surface area contributed by atoms with Crippen LogP contribution in [0.5, 0.6) is 0 Å².